The summed E-state index contributed by atoms with van der Waals surface area (Å²) in [6.07, 6.45) is 0. The van der Waals surface area contributed by atoms with Gasteiger partial charge in [0.25, 0.3) is 0 Å². The van der Waals surface area contributed by atoms with Crippen LogP contribution in [0.5, 0.6) is 0 Å². The van der Waals surface area contributed by atoms with Crippen molar-refractivity contribution in [3.63, 3.8) is 0 Å². The molecule has 0 aliphatic carbocycles. The highest BCUT2D eigenvalue weighted by molar-refractivity contribution is 7.99. The second-order valence-corrected chi connectivity index (χ2v) is 5.30. The van der Waals surface area contributed by atoms with Crippen molar-refractivity contribution in [1.82, 2.24) is 4.98 Å². The lowest BCUT2D eigenvalue weighted by molar-refractivity contribution is 1.34. The molecule has 2 nitrogen and oxygen atoms in total. The maximum atomic E-state index is 8.71. The number of benzene rings is 1. The van der Waals surface area contributed by atoms with E-state index in [-0.39, 0.29) is 0 Å². The summed E-state index contributed by atoms with van der Waals surface area (Å²) in [7, 11) is 0. The second kappa shape index (κ2) is 5.15. The lowest BCUT2D eigenvalue weighted by atomic mass is 10.2. The van der Waals surface area contributed by atoms with Crippen LogP contribution in [0.15, 0.2) is 34.5 Å². The third-order valence-corrected chi connectivity index (χ3v) is 3.70. The maximum absolute atomic E-state index is 8.71. The number of aromatic nitrogens is 1. The van der Waals surface area contributed by atoms with Gasteiger partial charge in [0, 0.05) is 15.8 Å². The fourth-order valence-corrected chi connectivity index (χ4v) is 2.62. The van der Waals surface area contributed by atoms with Gasteiger partial charge in [-0.15, -0.1) is 23.1 Å². The number of rotatable bonds is 3. The van der Waals surface area contributed by atoms with Gasteiger partial charge in [-0.25, -0.2) is 4.98 Å². The fourth-order valence-electron chi connectivity index (χ4n) is 1.35. The SMILES string of the molecule is CCSc1ccc(-c2csc(C#N)n2)cc1. The smallest absolute Gasteiger partial charge is 0.194 e. The van der Waals surface area contributed by atoms with E-state index in [9.17, 15) is 0 Å². The van der Waals surface area contributed by atoms with Crippen LogP contribution in [0.1, 0.15) is 11.9 Å². The molecule has 1 heterocycles. The highest BCUT2D eigenvalue weighted by atomic mass is 32.2. The molecular weight excluding hydrogens is 236 g/mol. The van der Waals surface area contributed by atoms with E-state index in [1.165, 1.54) is 16.2 Å². The number of hydrogen-bond acceptors (Lipinski definition) is 4. The molecule has 0 saturated heterocycles. The molecule has 0 saturated carbocycles. The third-order valence-electron chi connectivity index (χ3n) is 2.06. The molecule has 0 N–H and O–H groups in total. The monoisotopic (exact) mass is 246 g/mol. The van der Waals surface area contributed by atoms with Gasteiger partial charge in [0.15, 0.2) is 5.01 Å². The van der Waals surface area contributed by atoms with Crippen LogP contribution in [-0.2, 0) is 0 Å². The molecule has 0 aliphatic rings. The van der Waals surface area contributed by atoms with Crippen molar-refractivity contribution in [2.45, 2.75) is 11.8 Å². The van der Waals surface area contributed by atoms with Crippen molar-refractivity contribution in [3.8, 4) is 17.3 Å². The molecular formula is C12H10N2S2. The van der Waals surface area contributed by atoms with Crippen LogP contribution in [0.25, 0.3) is 11.3 Å². The zero-order valence-corrected chi connectivity index (χ0v) is 10.4. The first-order valence-electron chi connectivity index (χ1n) is 4.92. The highest BCUT2D eigenvalue weighted by Gasteiger charge is 2.03. The number of thiazole rings is 1. The molecule has 16 heavy (non-hydrogen) atoms. The number of hydrogen-bond donors (Lipinski definition) is 0. The van der Waals surface area contributed by atoms with Gasteiger partial charge in [0.2, 0.25) is 0 Å². The minimum atomic E-state index is 0.516. The summed E-state index contributed by atoms with van der Waals surface area (Å²) in [5.74, 6) is 1.08. The molecule has 0 bridgehead atoms. The van der Waals surface area contributed by atoms with E-state index in [4.69, 9.17) is 5.26 Å². The van der Waals surface area contributed by atoms with Crippen molar-refractivity contribution in [3.05, 3.63) is 34.7 Å². The molecule has 0 fully saturated rings. The summed E-state index contributed by atoms with van der Waals surface area (Å²) in [5.41, 5.74) is 1.95. The Hall–Kier alpha value is -1.31. The molecule has 0 aliphatic heterocycles. The van der Waals surface area contributed by atoms with Crippen LogP contribution < -0.4 is 0 Å². The standard InChI is InChI=1S/C12H10N2S2/c1-2-15-10-5-3-9(4-6-10)11-8-16-12(7-13)14-11/h3-6,8H,2H2,1H3. The number of nitriles is 1. The van der Waals surface area contributed by atoms with Crippen LogP contribution in [0.4, 0.5) is 0 Å². The summed E-state index contributed by atoms with van der Waals surface area (Å²) < 4.78 is 0. The Labute approximate surface area is 103 Å². The van der Waals surface area contributed by atoms with Crippen molar-refractivity contribution in [1.29, 1.82) is 5.26 Å². The minimum Gasteiger partial charge on any atom is -0.226 e. The van der Waals surface area contributed by atoms with Crippen LogP contribution in [0, 0.1) is 11.3 Å². The lowest BCUT2D eigenvalue weighted by Gasteiger charge is -1.99. The van der Waals surface area contributed by atoms with Crippen molar-refractivity contribution in [2.24, 2.45) is 0 Å². The van der Waals surface area contributed by atoms with Crippen molar-refractivity contribution in [2.75, 3.05) is 5.75 Å². The molecule has 0 spiro atoms. The van der Waals surface area contributed by atoms with Crippen molar-refractivity contribution < 1.29 is 0 Å². The quantitative estimate of drug-likeness (QED) is 0.773. The van der Waals surface area contributed by atoms with Crippen LogP contribution in [-0.4, -0.2) is 10.7 Å². The summed E-state index contributed by atoms with van der Waals surface area (Å²) >= 11 is 3.20. The largest absolute Gasteiger partial charge is 0.226 e. The normalized spacial score (nSPS) is 10.0. The Bertz CT molecular complexity index is 509. The maximum Gasteiger partial charge on any atom is 0.194 e. The van der Waals surface area contributed by atoms with Crippen LogP contribution >= 0.6 is 23.1 Å². The molecule has 1 aromatic heterocycles. The summed E-state index contributed by atoms with van der Waals surface area (Å²) in [6, 6.07) is 10.3. The molecule has 0 amide bonds. The summed E-state index contributed by atoms with van der Waals surface area (Å²) in [6.45, 7) is 2.14. The summed E-state index contributed by atoms with van der Waals surface area (Å²) in [4.78, 5) is 5.49. The van der Waals surface area contributed by atoms with Gasteiger partial charge < -0.3 is 0 Å². The topological polar surface area (TPSA) is 36.7 Å². The minimum absolute atomic E-state index is 0.516. The third kappa shape index (κ3) is 2.43. The highest BCUT2D eigenvalue weighted by Crippen LogP contribution is 2.25. The number of nitrogens with zero attached hydrogens (tertiary/aromatic N) is 2. The van der Waals surface area contributed by atoms with Crippen LogP contribution in [0.2, 0.25) is 0 Å². The Morgan fingerprint density at radius 3 is 2.69 bits per heavy atom. The van der Waals surface area contributed by atoms with Gasteiger partial charge in [0.1, 0.15) is 6.07 Å². The van der Waals surface area contributed by atoms with Gasteiger partial charge in [0.05, 0.1) is 5.69 Å². The zero-order valence-electron chi connectivity index (χ0n) is 8.80. The van der Waals surface area contributed by atoms with E-state index in [1.807, 2.05) is 29.3 Å². The first-order chi connectivity index (χ1) is 7.83. The van der Waals surface area contributed by atoms with Gasteiger partial charge in [-0.05, 0) is 17.9 Å². The molecule has 4 heteroatoms. The molecule has 2 rings (SSSR count). The van der Waals surface area contributed by atoms with E-state index in [2.05, 4.69) is 30.1 Å². The molecule has 0 radical (unpaired) electrons. The Morgan fingerprint density at radius 2 is 2.12 bits per heavy atom. The van der Waals surface area contributed by atoms with E-state index in [1.54, 1.807) is 0 Å². The Balaban J connectivity index is 2.24. The van der Waals surface area contributed by atoms with E-state index in [0.29, 0.717) is 5.01 Å². The zero-order chi connectivity index (χ0) is 11.4. The van der Waals surface area contributed by atoms with Crippen molar-refractivity contribution >= 4 is 23.1 Å². The first-order valence-corrected chi connectivity index (χ1v) is 6.79. The lowest BCUT2D eigenvalue weighted by Crippen LogP contribution is -1.79. The average molecular weight is 246 g/mol. The van der Waals surface area contributed by atoms with Gasteiger partial charge >= 0.3 is 0 Å². The van der Waals surface area contributed by atoms with E-state index in [0.717, 1.165) is 17.0 Å². The summed E-state index contributed by atoms with van der Waals surface area (Å²) in [5, 5.41) is 11.1. The number of thioether (sulfide) groups is 1. The van der Waals surface area contributed by atoms with E-state index < -0.39 is 0 Å². The van der Waals surface area contributed by atoms with Crippen LogP contribution in [0.3, 0.4) is 0 Å². The Morgan fingerprint density at radius 1 is 1.38 bits per heavy atom. The predicted octanol–water partition coefficient (Wildman–Crippen LogP) is 3.79. The molecule has 80 valence electrons. The molecule has 2 aromatic rings. The van der Waals surface area contributed by atoms with E-state index >= 15 is 0 Å². The average Bonchev–Trinajstić information content (AvgIpc) is 2.79. The van der Waals surface area contributed by atoms with Gasteiger partial charge in [-0.3, -0.25) is 0 Å². The van der Waals surface area contributed by atoms with Gasteiger partial charge in [-0.2, -0.15) is 5.26 Å². The molecule has 1 aromatic carbocycles. The Kier molecular flexibility index (Phi) is 3.60. The van der Waals surface area contributed by atoms with Gasteiger partial charge in [-0.1, -0.05) is 19.1 Å². The second-order valence-electron chi connectivity index (χ2n) is 3.11. The first kappa shape index (κ1) is 11.2. The fraction of sp³-hybridized carbons (Fsp3) is 0.167. The predicted molar refractivity (Wildman–Crippen MR) is 68.7 cm³/mol. The molecule has 0 atom stereocenters. The molecule has 0 unspecified atom stereocenters.